The average molecular weight is 656 g/mol. The lowest BCUT2D eigenvalue weighted by Gasteiger charge is -2.10. The normalized spacial score (nSPS) is 11.6. The summed E-state index contributed by atoms with van der Waals surface area (Å²) in [5, 5.41) is 4.77. The fraction of sp³-hybridized carbons (Fsp3) is 0. The van der Waals surface area contributed by atoms with E-state index in [0.29, 0.717) is 0 Å². The first kappa shape index (κ1) is 28.6. The lowest BCUT2D eigenvalue weighted by atomic mass is 9.99. The highest BCUT2D eigenvalue weighted by Crippen LogP contribution is 2.41. The smallest absolute Gasteiger partial charge is 0.161 e. The number of para-hydroxylation sites is 1. The van der Waals surface area contributed by atoms with Crippen LogP contribution in [0.25, 0.3) is 92.7 Å². The van der Waals surface area contributed by atoms with Gasteiger partial charge in [0, 0.05) is 43.1 Å². The van der Waals surface area contributed by atoms with Gasteiger partial charge in [0.25, 0.3) is 0 Å². The molecule has 0 bridgehead atoms. The highest BCUT2D eigenvalue weighted by atomic mass is 32.1. The van der Waals surface area contributed by atoms with Crippen LogP contribution in [0.1, 0.15) is 0 Å². The Morgan fingerprint density at radius 3 is 1.68 bits per heavy atom. The minimum atomic E-state index is 0.735. The third kappa shape index (κ3) is 4.73. The zero-order valence-electron chi connectivity index (χ0n) is 27.0. The maximum Gasteiger partial charge on any atom is 0.161 e. The van der Waals surface area contributed by atoms with Crippen molar-refractivity contribution in [3.8, 4) is 50.6 Å². The van der Waals surface area contributed by atoms with Crippen LogP contribution in [0.4, 0.5) is 0 Å². The topological polar surface area (TPSA) is 30.7 Å². The molecule has 0 aliphatic carbocycles. The number of fused-ring (bicyclic) bond motifs is 6. The highest BCUT2D eigenvalue weighted by Gasteiger charge is 2.18. The van der Waals surface area contributed by atoms with Gasteiger partial charge < -0.3 is 4.57 Å². The molecular formula is C46H29N3S. The molecule has 0 aliphatic heterocycles. The van der Waals surface area contributed by atoms with E-state index in [-0.39, 0.29) is 0 Å². The zero-order valence-corrected chi connectivity index (χ0v) is 27.8. The number of benzene rings is 7. The van der Waals surface area contributed by atoms with Gasteiger partial charge in [-0.1, -0.05) is 127 Å². The molecule has 4 heteroatoms. The molecule has 10 rings (SSSR count). The Balaban J connectivity index is 1.15. The van der Waals surface area contributed by atoms with E-state index < -0.39 is 0 Å². The Morgan fingerprint density at radius 2 is 0.960 bits per heavy atom. The summed E-state index contributed by atoms with van der Waals surface area (Å²) in [7, 11) is 0. The standard InChI is InChI=1S/C46H29N3S/c1-4-13-30(14-5-1)33-23-25-40-38(28-33)39-29-34(24-26-41(39)49(40)36-19-8-3-9-20-36)32-17-12-18-35(27-32)45-47-44(31-15-6-2-7-16-31)43-37-21-10-11-22-42(37)50-46(43)48-45/h1-29H. The molecule has 0 saturated carbocycles. The second-order valence-electron chi connectivity index (χ2n) is 12.6. The van der Waals surface area contributed by atoms with Crippen molar-refractivity contribution < 1.29 is 0 Å². The second-order valence-corrected chi connectivity index (χ2v) is 13.7. The highest BCUT2D eigenvalue weighted by molar-refractivity contribution is 7.25. The number of rotatable bonds is 5. The van der Waals surface area contributed by atoms with Crippen LogP contribution in [-0.4, -0.2) is 14.5 Å². The van der Waals surface area contributed by atoms with Crippen LogP contribution >= 0.6 is 11.3 Å². The molecule has 0 radical (unpaired) electrons. The summed E-state index contributed by atoms with van der Waals surface area (Å²) in [4.78, 5) is 11.4. The number of nitrogens with zero attached hydrogens (tertiary/aromatic N) is 3. The Morgan fingerprint density at radius 1 is 0.400 bits per heavy atom. The lowest BCUT2D eigenvalue weighted by Crippen LogP contribution is -1.94. The van der Waals surface area contributed by atoms with E-state index in [4.69, 9.17) is 9.97 Å². The molecule has 3 aromatic heterocycles. The van der Waals surface area contributed by atoms with Crippen LogP contribution in [0.15, 0.2) is 176 Å². The van der Waals surface area contributed by atoms with Crippen molar-refractivity contribution in [1.82, 2.24) is 14.5 Å². The first-order valence-corrected chi connectivity index (χ1v) is 17.6. The summed E-state index contributed by atoms with van der Waals surface area (Å²) in [5.41, 5.74) is 11.3. The van der Waals surface area contributed by atoms with Gasteiger partial charge in [0.15, 0.2) is 5.82 Å². The van der Waals surface area contributed by atoms with E-state index in [1.54, 1.807) is 11.3 Å². The van der Waals surface area contributed by atoms with Crippen LogP contribution in [0.3, 0.4) is 0 Å². The Bertz CT molecular complexity index is 2850. The van der Waals surface area contributed by atoms with Crippen LogP contribution < -0.4 is 0 Å². The molecule has 0 unspecified atom stereocenters. The first-order valence-electron chi connectivity index (χ1n) is 16.8. The molecule has 3 heterocycles. The van der Waals surface area contributed by atoms with Crippen LogP contribution in [0.5, 0.6) is 0 Å². The maximum absolute atomic E-state index is 5.26. The molecule has 3 nitrogen and oxygen atoms in total. The molecule has 10 aromatic rings. The van der Waals surface area contributed by atoms with Gasteiger partial charge in [0.1, 0.15) is 4.83 Å². The summed E-state index contributed by atoms with van der Waals surface area (Å²) < 4.78 is 3.59. The number of thiophene rings is 1. The zero-order chi connectivity index (χ0) is 33.0. The fourth-order valence-corrected chi connectivity index (χ4v) is 8.34. The van der Waals surface area contributed by atoms with Gasteiger partial charge in [-0.05, 0) is 70.8 Å². The van der Waals surface area contributed by atoms with Gasteiger partial charge in [-0.25, -0.2) is 9.97 Å². The molecule has 0 aliphatic rings. The summed E-state index contributed by atoms with van der Waals surface area (Å²) in [6, 6.07) is 62.6. The fourth-order valence-electron chi connectivity index (χ4n) is 7.26. The van der Waals surface area contributed by atoms with Crippen molar-refractivity contribution in [3.05, 3.63) is 176 Å². The molecule has 7 aromatic carbocycles. The van der Waals surface area contributed by atoms with Gasteiger partial charge in [-0.15, -0.1) is 11.3 Å². The second kappa shape index (κ2) is 11.7. The van der Waals surface area contributed by atoms with E-state index in [0.717, 1.165) is 49.7 Å². The lowest BCUT2D eigenvalue weighted by molar-refractivity contribution is 1.18. The van der Waals surface area contributed by atoms with Gasteiger partial charge in [0.05, 0.1) is 16.7 Å². The first-order chi connectivity index (χ1) is 24.8. The summed E-state index contributed by atoms with van der Waals surface area (Å²) in [5.74, 6) is 0.735. The molecule has 0 amide bonds. The van der Waals surface area contributed by atoms with Crippen LogP contribution in [0.2, 0.25) is 0 Å². The molecular weight excluding hydrogens is 627 g/mol. The molecule has 0 N–H and O–H groups in total. The molecule has 0 atom stereocenters. The van der Waals surface area contributed by atoms with Gasteiger partial charge >= 0.3 is 0 Å². The summed E-state index contributed by atoms with van der Waals surface area (Å²) in [6.07, 6.45) is 0. The largest absolute Gasteiger partial charge is 0.309 e. The van der Waals surface area contributed by atoms with E-state index >= 15 is 0 Å². The minimum absolute atomic E-state index is 0.735. The van der Waals surface area contributed by atoms with Crippen molar-refractivity contribution in [2.45, 2.75) is 0 Å². The van der Waals surface area contributed by atoms with Crippen molar-refractivity contribution >= 4 is 53.4 Å². The molecule has 0 fully saturated rings. The predicted octanol–water partition coefficient (Wildman–Crippen LogP) is 12.6. The Labute approximate surface area is 293 Å². The average Bonchev–Trinajstić information content (AvgIpc) is 3.73. The predicted molar refractivity (Wildman–Crippen MR) is 211 cm³/mol. The van der Waals surface area contributed by atoms with Crippen molar-refractivity contribution in [2.24, 2.45) is 0 Å². The van der Waals surface area contributed by atoms with Crippen molar-refractivity contribution in [1.29, 1.82) is 0 Å². The Kier molecular flexibility index (Phi) is 6.68. The quantitative estimate of drug-likeness (QED) is 0.185. The third-order valence-electron chi connectivity index (χ3n) is 9.63. The summed E-state index contributed by atoms with van der Waals surface area (Å²) >= 11 is 1.73. The van der Waals surface area contributed by atoms with E-state index in [1.807, 2.05) is 0 Å². The Hall–Kier alpha value is -6.36. The van der Waals surface area contributed by atoms with Crippen molar-refractivity contribution in [2.75, 3.05) is 0 Å². The number of aromatic nitrogens is 3. The molecule has 50 heavy (non-hydrogen) atoms. The van der Waals surface area contributed by atoms with E-state index in [1.165, 1.54) is 43.0 Å². The summed E-state index contributed by atoms with van der Waals surface area (Å²) in [6.45, 7) is 0. The third-order valence-corrected chi connectivity index (χ3v) is 10.7. The van der Waals surface area contributed by atoms with Gasteiger partial charge in [0.2, 0.25) is 0 Å². The molecule has 0 saturated heterocycles. The minimum Gasteiger partial charge on any atom is -0.309 e. The molecule has 234 valence electrons. The monoisotopic (exact) mass is 655 g/mol. The van der Waals surface area contributed by atoms with Gasteiger partial charge in [-0.3, -0.25) is 0 Å². The number of hydrogen-bond acceptors (Lipinski definition) is 3. The van der Waals surface area contributed by atoms with Gasteiger partial charge in [-0.2, -0.15) is 0 Å². The van der Waals surface area contributed by atoms with E-state index in [9.17, 15) is 0 Å². The van der Waals surface area contributed by atoms with E-state index in [2.05, 4.69) is 180 Å². The van der Waals surface area contributed by atoms with Crippen LogP contribution in [0, 0.1) is 0 Å². The van der Waals surface area contributed by atoms with Crippen molar-refractivity contribution in [3.63, 3.8) is 0 Å². The molecule has 0 spiro atoms. The SMILES string of the molecule is c1ccc(-c2ccc3c(c2)c2cc(-c4cccc(-c5nc(-c6ccccc6)c6c(n5)sc5ccccc56)c4)ccc2n3-c2ccccc2)cc1. The maximum atomic E-state index is 5.26. The van der Waals surface area contributed by atoms with Crippen LogP contribution in [-0.2, 0) is 0 Å². The number of hydrogen-bond donors (Lipinski definition) is 0.